The van der Waals surface area contributed by atoms with Gasteiger partial charge in [-0.15, -0.1) is 0 Å². The van der Waals surface area contributed by atoms with Gasteiger partial charge in [0.2, 0.25) is 5.91 Å². The van der Waals surface area contributed by atoms with Crippen molar-refractivity contribution in [2.75, 3.05) is 7.05 Å². The maximum atomic E-state index is 13.0. The molecule has 2 rings (SSSR count). The van der Waals surface area contributed by atoms with Gasteiger partial charge < -0.3 is 14.6 Å². The molecule has 0 unspecified atom stereocenters. The lowest BCUT2D eigenvalue weighted by Crippen LogP contribution is -2.46. The molecule has 0 fully saturated rings. The van der Waals surface area contributed by atoms with E-state index in [-0.39, 0.29) is 23.7 Å². The number of halogens is 1. The summed E-state index contributed by atoms with van der Waals surface area (Å²) in [5, 5.41) is 2.63. The normalized spacial score (nSPS) is 13.2. The van der Waals surface area contributed by atoms with Crippen LogP contribution in [0.5, 0.6) is 0 Å². The van der Waals surface area contributed by atoms with Crippen molar-refractivity contribution in [3.63, 3.8) is 0 Å². The number of benzene rings is 1. The summed E-state index contributed by atoms with van der Waals surface area (Å²) in [6.45, 7) is 3.46. The monoisotopic (exact) mass is 318 g/mol. The number of nitrogens with zero attached hydrogens (tertiary/aromatic N) is 1. The van der Waals surface area contributed by atoms with Crippen LogP contribution in [0, 0.1) is 5.82 Å². The van der Waals surface area contributed by atoms with E-state index < -0.39 is 6.04 Å². The number of likely N-dealkylation sites (N-methyl/N-ethyl adjacent to an activating group) is 1. The van der Waals surface area contributed by atoms with E-state index in [4.69, 9.17) is 4.42 Å². The molecule has 0 aliphatic carbocycles. The highest BCUT2D eigenvalue weighted by atomic mass is 19.1. The Morgan fingerprint density at radius 2 is 1.83 bits per heavy atom. The molecule has 0 bridgehead atoms. The lowest BCUT2D eigenvalue weighted by Gasteiger charge is -2.28. The minimum Gasteiger partial charge on any atom is -0.472 e. The standard InChI is InChI=1S/C17H19FN2O3/c1-11(19-16(21)14-8-9-23-10-14)17(22)20(3)12(2)13-4-6-15(18)7-5-13/h4-12H,1-3H3,(H,19,21)/t11-,12+/m0/s1. The van der Waals surface area contributed by atoms with E-state index in [0.29, 0.717) is 5.56 Å². The van der Waals surface area contributed by atoms with Gasteiger partial charge in [0.25, 0.3) is 5.91 Å². The lowest BCUT2D eigenvalue weighted by molar-refractivity contribution is -0.133. The fourth-order valence-electron chi connectivity index (χ4n) is 2.20. The highest BCUT2D eigenvalue weighted by molar-refractivity contribution is 5.97. The molecule has 0 aliphatic heterocycles. The number of nitrogens with one attached hydrogen (secondary N) is 1. The molecule has 0 radical (unpaired) electrons. The van der Waals surface area contributed by atoms with E-state index in [2.05, 4.69) is 5.32 Å². The third-order valence-electron chi connectivity index (χ3n) is 3.78. The summed E-state index contributed by atoms with van der Waals surface area (Å²) in [7, 11) is 1.65. The number of rotatable bonds is 5. The van der Waals surface area contributed by atoms with Gasteiger partial charge >= 0.3 is 0 Å². The van der Waals surface area contributed by atoms with Crippen LogP contribution in [0.3, 0.4) is 0 Å². The van der Waals surface area contributed by atoms with Gasteiger partial charge in [0.15, 0.2) is 0 Å². The van der Waals surface area contributed by atoms with Gasteiger partial charge in [-0.3, -0.25) is 9.59 Å². The number of hydrogen-bond acceptors (Lipinski definition) is 3. The second-order valence-corrected chi connectivity index (χ2v) is 5.38. The molecule has 2 aromatic rings. The molecule has 1 N–H and O–H groups in total. The van der Waals surface area contributed by atoms with E-state index in [9.17, 15) is 14.0 Å². The van der Waals surface area contributed by atoms with Crippen LogP contribution in [0.1, 0.15) is 35.8 Å². The predicted molar refractivity (Wildman–Crippen MR) is 83.2 cm³/mol. The van der Waals surface area contributed by atoms with E-state index in [0.717, 1.165) is 5.56 Å². The van der Waals surface area contributed by atoms with Crippen LogP contribution in [0.2, 0.25) is 0 Å². The Bertz CT molecular complexity index is 668. The number of carbonyl (C=O) groups is 2. The molecule has 1 aromatic heterocycles. The van der Waals surface area contributed by atoms with Gasteiger partial charge in [-0.2, -0.15) is 0 Å². The Hall–Kier alpha value is -2.63. The molecule has 1 heterocycles. The first kappa shape index (κ1) is 16.7. The second-order valence-electron chi connectivity index (χ2n) is 5.38. The van der Waals surface area contributed by atoms with E-state index in [1.54, 1.807) is 26.1 Å². The van der Waals surface area contributed by atoms with Crippen molar-refractivity contribution in [2.45, 2.75) is 25.9 Å². The van der Waals surface area contributed by atoms with Crippen LogP contribution in [-0.4, -0.2) is 29.8 Å². The fourth-order valence-corrected chi connectivity index (χ4v) is 2.20. The predicted octanol–water partition coefficient (Wildman–Crippen LogP) is 2.76. The second kappa shape index (κ2) is 7.09. The van der Waals surface area contributed by atoms with Gasteiger partial charge in [-0.25, -0.2) is 4.39 Å². The first-order chi connectivity index (χ1) is 10.9. The number of hydrogen-bond donors (Lipinski definition) is 1. The zero-order chi connectivity index (χ0) is 17.0. The third-order valence-corrected chi connectivity index (χ3v) is 3.78. The molecule has 122 valence electrons. The molecule has 5 nitrogen and oxygen atoms in total. The summed E-state index contributed by atoms with van der Waals surface area (Å²) >= 11 is 0. The summed E-state index contributed by atoms with van der Waals surface area (Å²) in [4.78, 5) is 25.9. The van der Waals surface area contributed by atoms with Crippen LogP contribution in [0.25, 0.3) is 0 Å². The van der Waals surface area contributed by atoms with Crippen LogP contribution in [-0.2, 0) is 4.79 Å². The van der Waals surface area contributed by atoms with Crippen LogP contribution < -0.4 is 5.32 Å². The molecule has 6 heteroatoms. The van der Waals surface area contributed by atoms with Crippen LogP contribution >= 0.6 is 0 Å². The highest BCUT2D eigenvalue weighted by Gasteiger charge is 2.24. The Kier molecular flexibility index (Phi) is 5.16. The summed E-state index contributed by atoms with van der Waals surface area (Å²) < 4.78 is 17.8. The minimum absolute atomic E-state index is 0.237. The Balaban J connectivity index is 2.00. The molecular weight excluding hydrogens is 299 g/mol. The van der Waals surface area contributed by atoms with Crippen molar-refractivity contribution in [3.8, 4) is 0 Å². The molecular formula is C17H19FN2O3. The first-order valence-corrected chi connectivity index (χ1v) is 7.25. The number of furan rings is 1. The molecule has 1 aromatic carbocycles. The molecule has 0 saturated carbocycles. The zero-order valence-electron chi connectivity index (χ0n) is 13.2. The molecule has 0 saturated heterocycles. The smallest absolute Gasteiger partial charge is 0.255 e. The number of carbonyl (C=O) groups excluding carboxylic acids is 2. The largest absolute Gasteiger partial charge is 0.472 e. The Labute approximate surface area is 134 Å². The average molecular weight is 318 g/mol. The SMILES string of the molecule is C[C@H](NC(=O)c1ccoc1)C(=O)N(C)[C@H](C)c1ccc(F)cc1. The van der Waals surface area contributed by atoms with Gasteiger partial charge in [0, 0.05) is 7.05 Å². The van der Waals surface area contributed by atoms with Gasteiger partial charge in [0.1, 0.15) is 18.1 Å². The topological polar surface area (TPSA) is 62.6 Å². The quantitative estimate of drug-likeness (QED) is 0.922. The first-order valence-electron chi connectivity index (χ1n) is 7.25. The van der Waals surface area contributed by atoms with Crippen molar-refractivity contribution >= 4 is 11.8 Å². The Morgan fingerprint density at radius 3 is 2.39 bits per heavy atom. The third kappa shape index (κ3) is 3.97. The van der Waals surface area contributed by atoms with Gasteiger partial charge in [0.05, 0.1) is 17.9 Å². The maximum absolute atomic E-state index is 13.0. The fraction of sp³-hybridized carbons (Fsp3) is 0.294. The zero-order valence-corrected chi connectivity index (χ0v) is 13.2. The molecule has 2 atom stereocenters. The van der Waals surface area contributed by atoms with E-state index in [1.807, 2.05) is 6.92 Å². The molecule has 23 heavy (non-hydrogen) atoms. The maximum Gasteiger partial charge on any atom is 0.255 e. The Morgan fingerprint density at radius 1 is 1.17 bits per heavy atom. The summed E-state index contributed by atoms with van der Waals surface area (Å²) in [6, 6.07) is 6.58. The minimum atomic E-state index is -0.690. The summed E-state index contributed by atoms with van der Waals surface area (Å²) in [6.07, 6.45) is 2.71. The molecule has 2 amide bonds. The van der Waals surface area contributed by atoms with Crippen molar-refractivity contribution in [3.05, 3.63) is 59.8 Å². The van der Waals surface area contributed by atoms with Crippen molar-refractivity contribution in [2.24, 2.45) is 0 Å². The average Bonchev–Trinajstić information content (AvgIpc) is 3.08. The van der Waals surface area contributed by atoms with E-state index in [1.165, 1.54) is 35.6 Å². The summed E-state index contributed by atoms with van der Waals surface area (Å²) in [5.41, 5.74) is 1.18. The lowest BCUT2D eigenvalue weighted by atomic mass is 10.1. The van der Waals surface area contributed by atoms with Gasteiger partial charge in [-0.05, 0) is 37.6 Å². The summed E-state index contributed by atoms with van der Waals surface area (Å²) in [5.74, 6) is -0.934. The number of amides is 2. The highest BCUT2D eigenvalue weighted by Crippen LogP contribution is 2.19. The van der Waals surface area contributed by atoms with Crippen LogP contribution in [0.15, 0.2) is 47.3 Å². The van der Waals surface area contributed by atoms with E-state index >= 15 is 0 Å². The van der Waals surface area contributed by atoms with Crippen molar-refractivity contribution in [1.82, 2.24) is 10.2 Å². The van der Waals surface area contributed by atoms with Crippen LogP contribution in [0.4, 0.5) is 4.39 Å². The van der Waals surface area contributed by atoms with Gasteiger partial charge in [-0.1, -0.05) is 12.1 Å². The molecule has 0 aliphatic rings. The van der Waals surface area contributed by atoms with Crippen molar-refractivity contribution < 1.29 is 18.4 Å². The van der Waals surface area contributed by atoms with Crippen molar-refractivity contribution in [1.29, 1.82) is 0 Å². The molecule has 0 spiro atoms.